The molecule has 132 valence electrons. The van der Waals surface area contributed by atoms with Crippen LogP contribution in [0, 0.1) is 13.8 Å². The summed E-state index contributed by atoms with van der Waals surface area (Å²) in [5, 5.41) is 2.90. The van der Waals surface area contributed by atoms with Crippen molar-refractivity contribution in [2.75, 3.05) is 18.9 Å². The Bertz CT molecular complexity index is 741. The van der Waals surface area contributed by atoms with Crippen LogP contribution in [-0.4, -0.2) is 30.3 Å². The molecule has 4 heteroatoms. The first kappa shape index (κ1) is 18.7. The molecule has 0 aliphatic heterocycles. The van der Waals surface area contributed by atoms with Crippen LogP contribution in [0.3, 0.4) is 0 Å². The van der Waals surface area contributed by atoms with E-state index in [4.69, 9.17) is 0 Å². The van der Waals surface area contributed by atoms with Crippen LogP contribution in [0.2, 0.25) is 0 Å². The van der Waals surface area contributed by atoms with E-state index in [0.29, 0.717) is 6.42 Å². The molecule has 0 aromatic heterocycles. The van der Waals surface area contributed by atoms with Gasteiger partial charge in [0.1, 0.15) is 0 Å². The second kappa shape index (κ2) is 8.47. The van der Waals surface area contributed by atoms with Crippen molar-refractivity contribution in [2.24, 2.45) is 0 Å². The van der Waals surface area contributed by atoms with E-state index in [1.54, 1.807) is 7.05 Å². The fourth-order valence-corrected chi connectivity index (χ4v) is 2.87. The minimum atomic E-state index is -0.222. The number of hydrogen-bond donors (Lipinski definition) is 1. The van der Waals surface area contributed by atoms with Gasteiger partial charge in [-0.3, -0.25) is 9.59 Å². The Balaban J connectivity index is 2.02. The summed E-state index contributed by atoms with van der Waals surface area (Å²) in [5.41, 5.74) is 3.94. The molecule has 0 aliphatic rings. The number of nitrogens with one attached hydrogen (secondary N) is 1. The first-order chi connectivity index (χ1) is 11.9. The molecule has 0 saturated heterocycles. The molecule has 0 saturated carbocycles. The van der Waals surface area contributed by atoms with E-state index in [1.807, 2.05) is 69.3 Å². The average Bonchev–Trinajstić information content (AvgIpc) is 2.60. The highest BCUT2D eigenvalue weighted by atomic mass is 16.2. The maximum atomic E-state index is 12.7. The van der Waals surface area contributed by atoms with Gasteiger partial charge in [-0.05, 0) is 43.0 Å². The number of nitrogens with zero attached hydrogens (tertiary/aromatic N) is 1. The van der Waals surface area contributed by atoms with Gasteiger partial charge in [0.05, 0.1) is 12.5 Å². The van der Waals surface area contributed by atoms with Crippen LogP contribution in [0.5, 0.6) is 0 Å². The highest BCUT2D eigenvalue weighted by molar-refractivity contribution is 5.96. The molecule has 2 aromatic carbocycles. The Morgan fingerprint density at radius 3 is 2.36 bits per heavy atom. The summed E-state index contributed by atoms with van der Waals surface area (Å²) in [4.78, 5) is 26.6. The molecule has 0 radical (unpaired) electrons. The van der Waals surface area contributed by atoms with Crippen LogP contribution in [-0.2, 0) is 9.59 Å². The zero-order valence-corrected chi connectivity index (χ0v) is 15.4. The Kier molecular flexibility index (Phi) is 6.34. The van der Waals surface area contributed by atoms with Gasteiger partial charge in [0, 0.05) is 12.7 Å². The predicted octanol–water partition coefficient (Wildman–Crippen LogP) is 3.89. The lowest BCUT2D eigenvalue weighted by Crippen LogP contribution is -2.37. The van der Waals surface area contributed by atoms with Crippen LogP contribution in [0.4, 0.5) is 5.69 Å². The van der Waals surface area contributed by atoms with E-state index in [-0.39, 0.29) is 24.3 Å². The topological polar surface area (TPSA) is 49.4 Å². The summed E-state index contributed by atoms with van der Waals surface area (Å²) < 4.78 is 0. The smallest absolute Gasteiger partial charge is 0.243 e. The third-order valence-electron chi connectivity index (χ3n) is 4.54. The lowest BCUT2D eigenvalue weighted by atomic mass is 9.95. The molecule has 0 aliphatic carbocycles. The summed E-state index contributed by atoms with van der Waals surface area (Å²) in [5.74, 6) is -0.447. The van der Waals surface area contributed by atoms with E-state index in [0.717, 1.165) is 22.4 Å². The molecule has 0 fully saturated rings. The molecular weight excluding hydrogens is 312 g/mol. The first-order valence-corrected chi connectivity index (χ1v) is 8.60. The maximum absolute atomic E-state index is 12.7. The van der Waals surface area contributed by atoms with Crippen LogP contribution in [0.15, 0.2) is 48.5 Å². The van der Waals surface area contributed by atoms with Crippen molar-refractivity contribution in [3.63, 3.8) is 0 Å². The van der Waals surface area contributed by atoms with Crippen molar-refractivity contribution in [3.05, 3.63) is 65.2 Å². The third kappa shape index (κ3) is 4.69. The summed E-state index contributed by atoms with van der Waals surface area (Å²) in [6.45, 7) is 6.00. The normalized spacial score (nSPS) is 11.7. The Labute approximate surface area is 149 Å². The van der Waals surface area contributed by atoms with E-state index < -0.39 is 0 Å². The Morgan fingerprint density at radius 1 is 1.04 bits per heavy atom. The van der Waals surface area contributed by atoms with Gasteiger partial charge in [0.2, 0.25) is 11.8 Å². The fraction of sp³-hybridized carbons (Fsp3) is 0.333. The molecule has 0 heterocycles. The highest BCUT2D eigenvalue weighted by Gasteiger charge is 2.23. The molecule has 0 bridgehead atoms. The van der Waals surface area contributed by atoms with E-state index >= 15 is 0 Å². The van der Waals surface area contributed by atoms with Crippen molar-refractivity contribution in [2.45, 2.75) is 33.1 Å². The van der Waals surface area contributed by atoms with Crippen molar-refractivity contribution >= 4 is 17.5 Å². The number of anilines is 1. The van der Waals surface area contributed by atoms with Gasteiger partial charge < -0.3 is 10.2 Å². The lowest BCUT2D eigenvalue weighted by Gasteiger charge is -2.23. The Hall–Kier alpha value is -2.62. The molecule has 2 aromatic rings. The molecule has 4 nitrogen and oxygen atoms in total. The number of amides is 2. The average molecular weight is 338 g/mol. The number of hydrogen-bond acceptors (Lipinski definition) is 2. The molecule has 2 rings (SSSR count). The van der Waals surface area contributed by atoms with Gasteiger partial charge in [-0.25, -0.2) is 0 Å². The number of benzene rings is 2. The van der Waals surface area contributed by atoms with E-state index in [1.165, 1.54) is 4.90 Å². The number of aryl methyl sites for hydroxylation is 1. The highest BCUT2D eigenvalue weighted by Crippen LogP contribution is 2.22. The van der Waals surface area contributed by atoms with Crippen molar-refractivity contribution < 1.29 is 9.59 Å². The van der Waals surface area contributed by atoms with Gasteiger partial charge in [-0.15, -0.1) is 0 Å². The van der Waals surface area contributed by atoms with Crippen molar-refractivity contribution in [3.8, 4) is 0 Å². The molecule has 25 heavy (non-hydrogen) atoms. The van der Waals surface area contributed by atoms with Crippen LogP contribution in [0.25, 0.3) is 0 Å². The number of carbonyl (C=O) groups excluding carboxylic acids is 2. The fourth-order valence-electron chi connectivity index (χ4n) is 2.87. The second-order valence-electron chi connectivity index (χ2n) is 6.36. The van der Waals surface area contributed by atoms with Crippen LogP contribution < -0.4 is 5.32 Å². The lowest BCUT2D eigenvalue weighted by molar-refractivity contribution is -0.134. The van der Waals surface area contributed by atoms with Gasteiger partial charge >= 0.3 is 0 Å². The maximum Gasteiger partial charge on any atom is 0.243 e. The molecule has 0 spiro atoms. The summed E-state index contributed by atoms with van der Waals surface area (Å²) in [7, 11) is 1.68. The zero-order chi connectivity index (χ0) is 18.4. The van der Waals surface area contributed by atoms with Crippen LogP contribution >= 0.6 is 0 Å². The van der Waals surface area contributed by atoms with Gasteiger partial charge in [0.15, 0.2) is 0 Å². The van der Waals surface area contributed by atoms with Crippen molar-refractivity contribution in [1.82, 2.24) is 4.90 Å². The van der Waals surface area contributed by atoms with Gasteiger partial charge in [0.25, 0.3) is 0 Å². The van der Waals surface area contributed by atoms with Crippen molar-refractivity contribution in [1.29, 1.82) is 0 Å². The van der Waals surface area contributed by atoms with Gasteiger partial charge in [-0.1, -0.05) is 49.4 Å². The quantitative estimate of drug-likeness (QED) is 0.868. The summed E-state index contributed by atoms with van der Waals surface area (Å²) >= 11 is 0. The van der Waals surface area contributed by atoms with Crippen LogP contribution in [0.1, 0.15) is 36.0 Å². The largest absolute Gasteiger partial charge is 0.336 e. The molecule has 1 N–H and O–H groups in total. The molecule has 1 atom stereocenters. The van der Waals surface area contributed by atoms with E-state index in [2.05, 4.69) is 5.32 Å². The number of carbonyl (C=O) groups is 2. The monoisotopic (exact) mass is 338 g/mol. The minimum Gasteiger partial charge on any atom is -0.336 e. The zero-order valence-electron chi connectivity index (χ0n) is 15.4. The Morgan fingerprint density at radius 2 is 1.72 bits per heavy atom. The number of likely N-dealkylation sites (N-methyl/N-ethyl adjacent to an activating group) is 1. The number of rotatable bonds is 6. The summed E-state index contributed by atoms with van der Waals surface area (Å²) in [6.07, 6.45) is 0.700. The second-order valence-corrected chi connectivity index (χ2v) is 6.36. The summed E-state index contributed by atoms with van der Waals surface area (Å²) in [6, 6.07) is 15.5. The van der Waals surface area contributed by atoms with E-state index in [9.17, 15) is 9.59 Å². The molecule has 2 amide bonds. The third-order valence-corrected chi connectivity index (χ3v) is 4.54. The van der Waals surface area contributed by atoms with Gasteiger partial charge in [-0.2, -0.15) is 0 Å². The first-order valence-electron chi connectivity index (χ1n) is 8.60. The predicted molar refractivity (Wildman–Crippen MR) is 102 cm³/mol. The molecular formula is C21H26N2O2. The standard InChI is InChI=1S/C21H26N2O2/c1-5-18(17-11-7-6-8-12-17)21(25)23(4)14-20(24)22-19-13-9-10-15(2)16(19)3/h6-13,18H,5,14H2,1-4H3,(H,22,24). The minimum absolute atomic E-state index is 0.0372. The molecule has 1 unspecified atom stereocenters. The SMILES string of the molecule is CCC(C(=O)N(C)CC(=O)Nc1cccc(C)c1C)c1ccccc1.